The van der Waals surface area contributed by atoms with Crippen LogP contribution < -0.4 is 0 Å². The number of alkyl halides is 2. The third kappa shape index (κ3) is 2.37. The van der Waals surface area contributed by atoms with Crippen LogP contribution in [0.3, 0.4) is 0 Å². The lowest BCUT2D eigenvalue weighted by Crippen LogP contribution is -2.04. The summed E-state index contributed by atoms with van der Waals surface area (Å²) in [7, 11) is 0. The van der Waals surface area contributed by atoms with Gasteiger partial charge in [0, 0.05) is 11.5 Å². The van der Waals surface area contributed by atoms with Gasteiger partial charge in [-0.25, -0.2) is 8.78 Å². The highest BCUT2D eigenvalue weighted by Gasteiger charge is 2.16. The molecule has 0 aliphatic carbocycles. The van der Waals surface area contributed by atoms with E-state index >= 15 is 0 Å². The number of halogens is 2. The Balaban J connectivity index is 2.88. The molecule has 1 aromatic rings. The summed E-state index contributed by atoms with van der Waals surface area (Å²) in [4.78, 5) is 10.9. The molecule has 3 heteroatoms. The van der Waals surface area contributed by atoms with Crippen LogP contribution >= 0.6 is 0 Å². The molecule has 0 saturated carbocycles. The quantitative estimate of drug-likeness (QED) is 0.681. The Morgan fingerprint density at radius 3 is 2.07 bits per heavy atom. The van der Waals surface area contributed by atoms with E-state index in [0.717, 1.165) is 0 Å². The van der Waals surface area contributed by atoms with Crippen molar-refractivity contribution in [2.45, 2.75) is 26.2 Å². The minimum atomic E-state index is -2.36. The maximum absolute atomic E-state index is 12.3. The van der Waals surface area contributed by atoms with Crippen LogP contribution in [0.15, 0.2) is 24.3 Å². The van der Waals surface area contributed by atoms with E-state index in [9.17, 15) is 13.6 Å². The van der Waals surface area contributed by atoms with Crippen molar-refractivity contribution < 1.29 is 13.6 Å². The van der Waals surface area contributed by atoms with Gasteiger partial charge in [-0.15, -0.1) is 0 Å². The molecule has 0 saturated heterocycles. The number of Topliss-reactive ketones (excluding diaryl/α,β-unsaturated/α-hetero) is 1. The average Bonchev–Trinajstić information content (AvgIpc) is 2.16. The normalized spacial score (nSPS) is 12.9. The number of benzene rings is 1. The van der Waals surface area contributed by atoms with Gasteiger partial charge in [0.15, 0.2) is 5.78 Å². The molecule has 0 bridgehead atoms. The molecule has 1 rings (SSSR count). The zero-order valence-electron chi connectivity index (χ0n) is 8.13. The fourth-order valence-corrected chi connectivity index (χ4v) is 1.17. The predicted octanol–water partition coefficient (Wildman–Crippen LogP) is 3.26. The molecule has 1 nitrogen and oxygen atoms in total. The van der Waals surface area contributed by atoms with Gasteiger partial charge in [0.25, 0.3) is 0 Å². The molecule has 0 N–H and O–H groups in total. The summed E-state index contributed by atoms with van der Waals surface area (Å²) in [5, 5.41) is 0. The number of carbonyl (C=O) groups excluding carboxylic acids is 1. The third-order valence-electron chi connectivity index (χ3n) is 2.22. The first-order chi connectivity index (χ1) is 6.52. The Bertz CT molecular complexity index is 317. The summed E-state index contributed by atoms with van der Waals surface area (Å²) in [5.41, 5.74) is 1.11. The molecule has 0 aromatic heterocycles. The van der Waals surface area contributed by atoms with Crippen molar-refractivity contribution in [2.24, 2.45) is 0 Å². The second-order valence-electron chi connectivity index (χ2n) is 3.30. The summed E-state index contributed by atoms with van der Waals surface area (Å²) in [5.74, 6) is -0.836. The topological polar surface area (TPSA) is 17.1 Å². The molecule has 0 heterocycles. The molecule has 1 unspecified atom stereocenters. The van der Waals surface area contributed by atoms with Crippen molar-refractivity contribution >= 4 is 5.78 Å². The van der Waals surface area contributed by atoms with E-state index in [1.54, 1.807) is 24.3 Å². The summed E-state index contributed by atoms with van der Waals surface area (Å²) >= 11 is 0. The second-order valence-corrected chi connectivity index (χ2v) is 3.30. The van der Waals surface area contributed by atoms with Crippen molar-refractivity contribution in [3.05, 3.63) is 35.4 Å². The third-order valence-corrected chi connectivity index (χ3v) is 2.22. The van der Waals surface area contributed by atoms with E-state index in [1.165, 1.54) is 13.8 Å². The van der Waals surface area contributed by atoms with Crippen LogP contribution in [0.2, 0.25) is 0 Å². The Labute approximate surface area is 81.7 Å². The highest BCUT2D eigenvalue weighted by molar-refractivity contribution is 5.94. The first kappa shape index (κ1) is 10.8. The van der Waals surface area contributed by atoms with E-state index in [4.69, 9.17) is 0 Å². The molecular formula is C11H12F2O. The van der Waals surface area contributed by atoms with E-state index in [2.05, 4.69) is 0 Å². The summed E-state index contributed by atoms with van der Waals surface area (Å²) in [6.07, 6.45) is -2.36. The monoisotopic (exact) mass is 198 g/mol. The van der Waals surface area contributed by atoms with Gasteiger partial charge in [-0.3, -0.25) is 4.79 Å². The maximum Gasteiger partial charge on any atom is 0.245 e. The minimum Gasteiger partial charge on any atom is -0.295 e. The Morgan fingerprint density at radius 2 is 1.71 bits per heavy atom. The van der Waals surface area contributed by atoms with Gasteiger partial charge in [0.2, 0.25) is 6.43 Å². The van der Waals surface area contributed by atoms with Crippen molar-refractivity contribution in [3.8, 4) is 0 Å². The molecule has 0 amide bonds. The second kappa shape index (κ2) is 4.31. The molecule has 0 radical (unpaired) electrons. The van der Waals surface area contributed by atoms with Gasteiger partial charge in [-0.1, -0.05) is 31.2 Å². The lowest BCUT2D eigenvalue weighted by atomic mass is 9.99. The van der Waals surface area contributed by atoms with Crippen LogP contribution in [-0.4, -0.2) is 12.2 Å². The molecule has 76 valence electrons. The Morgan fingerprint density at radius 1 is 1.21 bits per heavy atom. The van der Waals surface area contributed by atoms with E-state index in [1.807, 2.05) is 0 Å². The molecule has 0 fully saturated rings. The lowest BCUT2D eigenvalue weighted by molar-refractivity contribution is 0.101. The fraction of sp³-hybridized carbons (Fsp3) is 0.364. The molecule has 1 atom stereocenters. The van der Waals surface area contributed by atoms with E-state index < -0.39 is 12.3 Å². The molecule has 0 spiro atoms. The number of rotatable bonds is 3. The van der Waals surface area contributed by atoms with E-state index in [-0.39, 0.29) is 5.78 Å². The number of carbonyl (C=O) groups is 1. The van der Waals surface area contributed by atoms with Crippen molar-refractivity contribution in [1.82, 2.24) is 0 Å². The first-order valence-corrected chi connectivity index (χ1v) is 4.41. The van der Waals surface area contributed by atoms with Gasteiger partial charge in [-0.2, -0.15) is 0 Å². The molecule has 0 aliphatic heterocycles. The zero-order chi connectivity index (χ0) is 10.7. The maximum atomic E-state index is 12.3. The Hall–Kier alpha value is -1.25. The van der Waals surface area contributed by atoms with Crippen molar-refractivity contribution in [1.29, 1.82) is 0 Å². The van der Waals surface area contributed by atoms with Gasteiger partial charge in [0.05, 0.1) is 0 Å². The van der Waals surface area contributed by atoms with Crippen LogP contribution in [0.25, 0.3) is 0 Å². The van der Waals surface area contributed by atoms with Crippen LogP contribution in [0.4, 0.5) is 8.78 Å². The molecule has 1 aromatic carbocycles. The SMILES string of the molecule is CC(=O)c1ccc(C(C)C(F)F)cc1. The Kier molecular flexibility index (Phi) is 3.33. The molecule has 14 heavy (non-hydrogen) atoms. The number of hydrogen-bond donors (Lipinski definition) is 0. The van der Waals surface area contributed by atoms with Crippen LogP contribution in [0.1, 0.15) is 35.7 Å². The van der Waals surface area contributed by atoms with Gasteiger partial charge < -0.3 is 0 Å². The lowest BCUT2D eigenvalue weighted by Gasteiger charge is -2.10. The summed E-state index contributed by atoms with van der Waals surface area (Å²) in [6.45, 7) is 2.92. The summed E-state index contributed by atoms with van der Waals surface area (Å²) in [6, 6.07) is 6.31. The molecular weight excluding hydrogens is 186 g/mol. The smallest absolute Gasteiger partial charge is 0.245 e. The fourth-order valence-electron chi connectivity index (χ4n) is 1.17. The summed E-state index contributed by atoms with van der Waals surface area (Å²) < 4.78 is 24.6. The largest absolute Gasteiger partial charge is 0.295 e. The first-order valence-electron chi connectivity index (χ1n) is 4.41. The van der Waals surface area contributed by atoms with Crippen LogP contribution in [0.5, 0.6) is 0 Å². The highest BCUT2D eigenvalue weighted by Crippen LogP contribution is 2.22. The standard InChI is InChI=1S/C11H12F2O/c1-7(11(12)13)9-3-5-10(6-4-9)8(2)14/h3-7,11H,1-2H3. The van der Waals surface area contributed by atoms with Crippen LogP contribution in [0, 0.1) is 0 Å². The van der Waals surface area contributed by atoms with Crippen molar-refractivity contribution in [3.63, 3.8) is 0 Å². The molecule has 0 aliphatic rings. The number of ketones is 1. The van der Waals surface area contributed by atoms with Gasteiger partial charge in [-0.05, 0) is 12.5 Å². The van der Waals surface area contributed by atoms with Gasteiger partial charge in [0.1, 0.15) is 0 Å². The van der Waals surface area contributed by atoms with Crippen molar-refractivity contribution in [2.75, 3.05) is 0 Å². The predicted molar refractivity (Wildman–Crippen MR) is 50.9 cm³/mol. The highest BCUT2D eigenvalue weighted by atomic mass is 19.3. The van der Waals surface area contributed by atoms with Crippen LogP contribution in [-0.2, 0) is 0 Å². The number of hydrogen-bond acceptors (Lipinski definition) is 1. The minimum absolute atomic E-state index is 0.0544. The zero-order valence-corrected chi connectivity index (χ0v) is 8.13. The average molecular weight is 198 g/mol. The van der Waals surface area contributed by atoms with Gasteiger partial charge >= 0.3 is 0 Å². The van der Waals surface area contributed by atoms with E-state index in [0.29, 0.717) is 11.1 Å².